The Bertz CT molecular complexity index is 630. The number of para-hydroxylation sites is 1. The molecule has 2 N–H and O–H groups in total. The lowest BCUT2D eigenvalue weighted by molar-refractivity contribution is -0.110. The molecule has 1 aliphatic rings. The minimum Gasteiger partial charge on any atom is -0.381 e. The molecule has 0 amide bonds. The molecular formula is C15H21N3O. The van der Waals surface area contributed by atoms with E-state index >= 15 is 0 Å². The molecule has 0 aliphatic heterocycles. The van der Waals surface area contributed by atoms with E-state index in [-0.39, 0.29) is 5.41 Å². The van der Waals surface area contributed by atoms with Gasteiger partial charge in [0.25, 0.3) is 0 Å². The zero-order chi connectivity index (χ0) is 13.8. The largest absolute Gasteiger partial charge is 0.381 e. The van der Waals surface area contributed by atoms with E-state index in [2.05, 4.69) is 36.4 Å². The van der Waals surface area contributed by atoms with Crippen LogP contribution in [0.1, 0.15) is 31.9 Å². The normalized spacial score (nSPS) is 25.5. The van der Waals surface area contributed by atoms with Crippen molar-refractivity contribution in [3.8, 4) is 0 Å². The molecule has 0 radical (unpaired) electrons. The van der Waals surface area contributed by atoms with Crippen molar-refractivity contribution in [1.29, 1.82) is 0 Å². The maximum Gasteiger partial charge on any atom is 0.201 e. The third-order valence-electron chi connectivity index (χ3n) is 4.66. The second-order valence-electron chi connectivity index (χ2n) is 6.08. The van der Waals surface area contributed by atoms with E-state index in [0.29, 0.717) is 18.1 Å². The number of aryl methyl sites for hydroxylation is 1. The Balaban J connectivity index is 2.14. The van der Waals surface area contributed by atoms with Crippen LogP contribution in [0.3, 0.4) is 0 Å². The molecule has 1 fully saturated rings. The lowest BCUT2D eigenvalue weighted by Crippen LogP contribution is -2.51. The number of imidazole rings is 1. The Morgan fingerprint density at radius 2 is 2.16 bits per heavy atom. The summed E-state index contributed by atoms with van der Waals surface area (Å²) in [6.45, 7) is 6.58. The Kier molecular flexibility index (Phi) is 2.61. The summed E-state index contributed by atoms with van der Waals surface area (Å²) in [5.74, 6) is 0.608. The number of hydrogen-bond donors (Lipinski definition) is 1. The predicted molar refractivity (Wildman–Crippen MR) is 77.1 cm³/mol. The van der Waals surface area contributed by atoms with Crippen LogP contribution in [0.4, 0.5) is 5.95 Å². The number of anilines is 1. The van der Waals surface area contributed by atoms with Crippen molar-refractivity contribution in [2.45, 2.75) is 39.3 Å². The van der Waals surface area contributed by atoms with E-state index in [1.165, 1.54) is 5.56 Å². The summed E-state index contributed by atoms with van der Waals surface area (Å²) >= 11 is 0. The van der Waals surface area contributed by atoms with Gasteiger partial charge in [0.15, 0.2) is 0 Å². The fourth-order valence-corrected chi connectivity index (χ4v) is 3.36. The smallest absolute Gasteiger partial charge is 0.201 e. The third kappa shape index (κ3) is 1.59. The average Bonchev–Trinajstić information content (AvgIpc) is 2.67. The molecule has 0 spiro atoms. The first kappa shape index (κ1) is 12.5. The molecule has 1 aromatic carbocycles. The molecule has 4 heteroatoms. The zero-order valence-corrected chi connectivity index (χ0v) is 12.0. The minimum atomic E-state index is 0.0821. The number of nitrogens with zero attached hydrogens (tertiary/aromatic N) is 2. The highest BCUT2D eigenvalue weighted by molar-refractivity contribution is 5.81. The molecule has 2 aromatic rings. The number of methoxy groups -OCH3 is 1. The maximum atomic E-state index is 6.15. The molecule has 1 heterocycles. The van der Waals surface area contributed by atoms with Crippen molar-refractivity contribution in [1.82, 2.24) is 9.55 Å². The molecule has 0 bridgehead atoms. The second kappa shape index (κ2) is 3.97. The van der Waals surface area contributed by atoms with E-state index in [4.69, 9.17) is 10.5 Å². The van der Waals surface area contributed by atoms with Gasteiger partial charge in [0, 0.05) is 18.6 Å². The van der Waals surface area contributed by atoms with Crippen LogP contribution in [-0.2, 0) is 4.74 Å². The molecule has 2 unspecified atom stereocenters. The Labute approximate surface area is 113 Å². The molecule has 1 aromatic heterocycles. The van der Waals surface area contributed by atoms with Crippen LogP contribution in [0.5, 0.6) is 0 Å². The lowest BCUT2D eigenvalue weighted by Gasteiger charge is -2.51. The highest BCUT2D eigenvalue weighted by atomic mass is 16.5. The van der Waals surface area contributed by atoms with Crippen molar-refractivity contribution >= 4 is 17.0 Å². The minimum absolute atomic E-state index is 0.0821. The van der Waals surface area contributed by atoms with Crippen LogP contribution in [0.25, 0.3) is 11.0 Å². The number of nitrogen functional groups attached to an aromatic ring is 1. The van der Waals surface area contributed by atoms with Gasteiger partial charge < -0.3 is 15.0 Å². The number of fused-ring (bicyclic) bond motifs is 1. The van der Waals surface area contributed by atoms with Crippen molar-refractivity contribution < 1.29 is 4.74 Å². The monoisotopic (exact) mass is 259 g/mol. The summed E-state index contributed by atoms with van der Waals surface area (Å²) in [4.78, 5) is 4.49. The summed E-state index contributed by atoms with van der Waals surface area (Å²) in [5.41, 5.74) is 9.60. The fraction of sp³-hybridized carbons (Fsp3) is 0.533. The molecule has 0 saturated heterocycles. The number of ether oxygens (including phenoxy) is 1. The number of nitrogens with two attached hydrogens (primary N) is 1. The molecule has 1 saturated carbocycles. The van der Waals surface area contributed by atoms with Crippen molar-refractivity contribution in [3.63, 3.8) is 0 Å². The molecule has 1 aliphatic carbocycles. The van der Waals surface area contributed by atoms with Gasteiger partial charge in [0.2, 0.25) is 5.95 Å². The molecule has 19 heavy (non-hydrogen) atoms. The molecular weight excluding hydrogens is 238 g/mol. The topological polar surface area (TPSA) is 53.1 Å². The maximum absolute atomic E-state index is 6.15. The first-order valence-electron chi connectivity index (χ1n) is 6.72. The number of rotatable bonds is 2. The van der Waals surface area contributed by atoms with E-state index in [1.54, 1.807) is 7.11 Å². The standard InChI is InChI=1S/C15H21N3O/c1-9-6-5-7-10-13(9)18(14(16)17-10)11-8-12(19-4)15(11,2)3/h5-7,11-12H,8H2,1-4H3,(H2,16,17). The first-order chi connectivity index (χ1) is 8.96. The van der Waals surface area contributed by atoms with Crippen LogP contribution in [0.2, 0.25) is 0 Å². The van der Waals surface area contributed by atoms with Gasteiger partial charge in [-0.25, -0.2) is 4.98 Å². The molecule has 4 nitrogen and oxygen atoms in total. The third-order valence-corrected chi connectivity index (χ3v) is 4.66. The van der Waals surface area contributed by atoms with Crippen molar-refractivity contribution in [2.24, 2.45) is 5.41 Å². The zero-order valence-electron chi connectivity index (χ0n) is 12.0. The quantitative estimate of drug-likeness (QED) is 0.902. The highest BCUT2D eigenvalue weighted by Crippen LogP contribution is 2.52. The van der Waals surface area contributed by atoms with Gasteiger partial charge in [-0.2, -0.15) is 0 Å². The number of hydrogen-bond acceptors (Lipinski definition) is 3. The fourth-order valence-electron chi connectivity index (χ4n) is 3.36. The van der Waals surface area contributed by atoms with E-state index < -0.39 is 0 Å². The van der Waals surface area contributed by atoms with Crippen molar-refractivity contribution in [2.75, 3.05) is 12.8 Å². The second-order valence-corrected chi connectivity index (χ2v) is 6.08. The highest BCUT2D eigenvalue weighted by Gasteiger charge is 2.50. The van der Waals surface area contributed by atoms with Crippen LogP contribution < -0.4 is 5.73 Å². The van der Waals surface area contributed by atoms with Gasteiger partial charge in [0.1, 0.15) is 0 Å². The average molecular weight is 259 g/mol. The lowest BCUT2D eigenvalue weighted by atomic mass is 9.64. The first-order valence-corrected chi connectivity index (χ1v) is 6.72. The van der Waals surface area contributed by atoms with E-state index in [9.17, 15) is 0 Å². The summed E-state index contributed by atoms with van der Waals surface area (Å²) in [6, 6.07) is 6.51. The van der Waals surface area contributed by atoms with Gasteiger partial charge in [-0.3, -0.25) is 0 Å². The summed E-state index contributed by atoms with van der Waals surface area (Å²) in [5, 5.41) is 0. The van der Waals surface area contributed by atoms with Gasteiger partial charge in [-0.1, -0.05) is 26.0 Å². The van der Waals surface area contributed by atoms with E-state index in [0.717, 1.165) is 17.5 Å². The SMILES string of the molecule is COC1CC(n2c(N)nc3cccc(C)c32)C1(C)C. The Hall–Kier alpha value is -1.55. The number of aromatic nitrogens is 2. The molecule has 3 rings (SSSR count). The molecule has 102 valence electrons. The van der Waals surface area contributed by atoms with Gasteiger partial charge in [0.05, 0.1) is 17.1 Å². The van der Waals surface area contributed by atoms with Gasteiger partial charge in [-0.05, 0) is 25.0 Å². The van der Waals surface area contributed by atoms with Gasteiger partial charge >= 0.3 is 0 Å². The molecule has 2 atom stereocenters. The summed E-state index contributed by atoms with van der Waals surface area (Å²) in [6.07, 6.45) is 1.28. The van der Waals surface area contributed by atoms with Crippen LogP contribution >= 0.6 is 0 Å². The van der Waals surface area contributed by atoms with Crippen molar-refractivity contribution in [3.05, 3.63) is 23.8 Å². The van der Waals surface area contributed by atoms with Crippen LogP contribution in [0, 0.1) is 12.3 Å². The Morgan fingerprint density at radius 1 is 1.42 bits per heavy atom. The Morgan fingerprint density at radius 3 is 2.79 bits per heavy atom. The van der Waals surface area contributed by atoms with E-state index in [1.807, 2.05) is 12.1 Å². The predicted octanol–water partition coefficient (Wildman–Crippen LogP) is 2.91. The van der Waals surface area contributed by atoms with Crippen LogP contribution in [0.15, 0.2) is 18.2 Å². The number of benzene rings is 1. The summed E-state index contributed by atoms with van der Waals surface area (Å²) < 4.78 is 7.73. The van der Waals surface area contributed by atoms with Crippen LogP contribution in [-0.4, -0.2) is 22.8 Å². The van der Waals surface area contributed by atoms with Gasteiger partial charge in [-0.15, -0.1) is 0 Å². The summed E-state index contributed by atoms with van der Waals surface area (Å²) in [7, 11) is 1.78.